The van der Waals surface area contributed by atoms with Gasteiger partial charge < -0.3 is 20.4 Å². The Balaban J connectivity index is 2.25. The molecule has 0 spiro atoms. The molecule has 0 saturated carbocycles. The first kappa shape index (κ1) is 15.0. The predicted molar refractivity (Wildman–Crippen MR) is 90.2 cm³/mol. The molecule has 118 valence electrons. The van der Waals surface area contributed by atoms with E-state index in [-0.39, 0.29) is 11.8 Å². The second kappa shape index (κ2) is 6.04. The normalized spacial score (nSPS) is 13.9. The molecular weight excluding hydrogens is 292 g/mol. The van der Waals surface area contributed by atoms with Crippen LogP contribution in [0.5, 0.6) is 11.5 Å². The lowest BCUT2D eigenvalue weighted by Gasteiger charge is -2.20. The lowest BCUT2D eigenvalue weighted by Crippen LogP contribution is -2.24. The van der Waals surface area contributed by atoms with Crippen molar-refractivity contribution in [1.29, 1.82) is 0 Å². The zero-order chi connectivity index (χ0) is 16.4. The van der Waals surface area contributed by atoms with Crippen LogP contribution >= 0.6 is 0 Å². The summed E-state index contributed by atoms with van der Waals surface area (Å²) in [5, 5.41) is 12.5. The number of rotatable bonds is 3. The maximum absolute atomic E-state index is 9.22. The number of hydrogen-bond acceptors (Lipinski definition) is 4. The molecule has 0 atom stereocenters. The van der Waals surface area contributed by atoms with Gasteiger partial charge in [-0.3, -0.25) is 0 Å². The van der Waals surface area contributed by atoms with E-state index >= 15 is 0 Å². The second-order valence-corrected chi connectivity index (χ2v) is 5.28. The van der Waals surface area contributed by atoms with Gasteiger partial charge in [0.05, 0.1) is 20.1 Å². The zero-order valence-electron chi connectivity index (χ0n) is 13.0. The van der Waals surface area contributed by atoms with Gasteiger partial charge in [0, 0.05) is 0 Å². The maximum atomic E-state index is 9.22. The topological polar surface area (TPSA) is 77.1 Å². The summed E-state index contributed by atoms with van der Waals surface area (Å²) in [6.45, 7) is 0. The highest BCUT2D eigenvalue weighted by Gasteiger charge is 2.26. The summed E-state index contributed by atoms with van der Waals surface area (Å²) in [7, 11) is 3.26. The Morgan fingerprint density at radius 2 is 1.43 bits per heavy atom. The molecule has 1 aliphatic carbocycles. The largest absolute Gasteiger partial charge is 0.497 e. The van der Waals surface area contributed by atoms with E-state index in [0.717, 1.165) is 33.8 Å². The molecule has 23 heavy (non-hydrogen) atoms. The van der Waals surface area contributed by atoms with Crippen LogP contribution in [0.1, 0.15) is 28.2 Å². The van der Waals surface area contributed by atoms with Gasteiger partial charge in [0.2, 0.25) is 0 Å². The van der Waals surface area contributed by atoms with Crippen molar-refractivity contribution in [1.82, 2.24) is 0 Å². The Morgan fingerprint density at radius 3 is 1.83 bits per heavy atom. The standard InChI is InChI=1S/C18H18N2O3/c1-22-13-5-7-15-11(9-13)3-4-12-10-14(23-2)6-8-16(12)17(15)18(19)20-21/h3-10,17,21H,1-2H3,(H2,19,20). The van der Waals surface area contributed by atoms with E-state index < -0.39 is 0 Å². The summed E-state index contributed by atoms with van der Waals surface area (Å²) < 4.78 is 10.6. The molecule has 0 bridgehead atoms. The highest BCUT2D eigenvalue weighted by molar-refractivity contribution is 5.94. The SMILES string of the molecule is COc1ccc2c(c1)C=Cc1cc(OC)ccc1C2/C(N)=N/O. The van der Waals surface area contributed by atoms with Crippen LogP contribution in [-0.2, 0) is 0 Å². The first-order valence-corrected chi connectivity index (χ1v) is 7.19. The molecule has 0 radical (unpaired) electrons. The fourth-order valence-electron chi connectivity index (χ4n) is 2.90. The average molecular weight is 310 g/mol. The van der Waals surface area contributed by atoms with Crippen molar-refractivity contribution in [3.05, 3.63) is 58.7 Å². The highest BCUT2D eigenvalue weighted by Crippen LogP contribution is 2.37. The van der Waals surface area contributed by atoms with E-state index in [2.05, 4.69) is 5.16 Å². The molecule has 5 heteroatoms. The molecule has 2 aromatic rings. The fourth-order valence-corrected chi connectivity index (χ4v) is 2.90. The number of methoxy groups -OCH3 is 2. The molecule has 0 fully saturated rings. The van der Waals surface area contributed by atoms with Gasteiger partial charge in [0.15, 0.2) is 5.84 Å². The Kier molecular flexibility index (Phi) is 3.93. The first-order valence-electron chi connectivity index (χ1n) is 7.19. The monoisotopic (exact) mass is 310 g/mol. The minimum Gasteiger partial charge on any atom is -0.497 e. The van der Waals surface area contributed by atoms with E-state index in [4.69, 9.17) is 15.2 Å². The van der Waals surface area contributed by atoms with Gasteiger partial charge in [-0.15, -0.1) is 0 Å². The molecule has 0 saturated heterocycles. The molecule has 0 aromatic heterocycles. The van der Waals surface area contributed by atoms with Gasteiger partial charge in [0.25, 0.3) is 0 Å². The van der Waals surface area contributed by atoms with Crippen molar-refractivity contribution >= 4 is 18.0 Å². The smallest absolute Gasteiger partial charge is 0.151 e. The molecule has 3 rings (SSSR count). The number of nitrogens with two attached hydrogens (primary N) is 1. The number of benzene rings is 2. The molecule has 5 nitrogen and oxygen atoms in total. The minimum absolute atomic E-state index is 0.145. The minimum atomic E-state index is -0.336. The van der Waals surface area contributed by atoms with Crippen LogP contribution < -0.4 is 15.2 Å². The van der Waals surface area contributed by atoms with Crippen molar-refractivity contribution in [3.63, 3.8) is 0 Å². The number of amidine groups is 1. The zero-order valence-corrected chi connectivity index (χ0v) is 13.0. The number of fused-ring (bicyclic) bond motifs is 2. The van der Waals surface area contributed by atoms with Gasteiger partial charge in [-0.2, -0.15) is 0 Å². The van der Waals surface area contributed by atoms with Gasteiger partial charge in [-0.05, 0) is 46.5 Å². The molecule has 0 heterocycles. The van der Waals surface area contributed by atoms with Gasteiger partial charge in [-0.25, -0.2) is 0 Å². The second-order valence-electron chi connectivity index (χ2n) is 5.28. The van der Waals surface area contributed by atoms with Crippen LogP contribution in [0.4, 0.5) is 0 Å². The molecule has 3 N–H and O–H groups in total. The number of ether oxygens (including phenoxy) is 2. The number of nitrogens with zero attached hydrogens (tertiary/aromatic N) is 1. The lowest BCUT2D eigenvalue weighted by atomic mass is 9.86. The fraction of sp³-hybridized carbons (Fsp3) is 0.167. The third kappa shape index (κ3) is 2.61. The van der Waals surface area contributed by atoms with Crippen LogP contribution in [0.15, 0.2) is 41.6 Å². The summed E-state index contributed by atoms with van der Waals surface area (Å²) in [4.78, 5) is 0. The van der Waals surface area contributed by atoms with E-state index in [0.29, 0.717) is 0 Å². The average Bonchev–Trinajstić information content (AvgIpc) is 2.76. The van der Waals surface area contributed by atoms with Crippen LogP contribution in [0.3, 0.4) is 0 Å². The van der Waals surface area contributed by atoms with Crippen molar-refractivity contribution in [2.24, 2.45) is 10.9 Å². The van der Waals surface area contributed by atoms with Crippen molar-refractivity contribution < 1.29 is 14.7 Å². The van der Waals surface area contributed by atoms with E-state index in [9.17, 15) is 5.21 Å². The van der Waals surface area contributed by atoms with Crippen molar-refractivity contribution in [2.75, 3.05) is 14.2 Å². The van der Waals surface area contributed by atoms with Crippen molar-refractivity contribution in [3.8, 4) is 11.5 Å². The summed E-state index contributed by atoms with van der Waals surface area (Å²) in [5.74, 6) is 1.33. The van der Waals surface area contributed by atoms with Gasteiger partial charge >= 0.3 is 0 Å². The molecule has 2 aromatic carbocycles. The summed E-state index contributed by atoms with van der Waals surface area (Å²) in [6.07, 6.45) is 4.00. The quantitative estimate of drug-likeness (QED) is 0.395. The van der Waals surface area contributed by atoms with Gasteiger partial charge in [0.1, 0.15) is 11.5 Å². The number of hydrogen-bond donors (Lipinski definition) is 2. The number of oxime groups is 1. The Hall–Kier alpha value is -2.95. The molecule has 0 unspecified atom stereocenters. The first-order chi connectivity index (χ1) is 11.2. The lowest BCUT2D eigenvalue weighted by molar-refractivity contribution is 0.316. The van der Waals surface area contributed by atoms with E-state index in [1.165, 1.54) is 0 Å². The Morgan fingerprint density at radius 1 is 0.957 bits per heavy atom. The van der Waals surface area contributed by atoms with E-state index in [1.807, 2.05) is 48.6 Å². The maximum Gasteiger partial charge on any atom is 0.151 e. The molecule has 0 aliphatic heterocycles. The molecule has 1 aliphatic rings. The summed E-state index contributed by atoms with van der Waals surface area (Å²) in [6, 6.07) is 11.5. The Labute approximate surface area is 134 Å². The summed E-state index contributed by atoms with van der Waals surface area (Å²) in [5.41, 5.74) is 9.85. The van der Waals surface area contributed by atoms with Gasteiger partial charge in [-0.1, -0.05) is 29.4 Å². The van der Waals surface area contributed by atoms with Crippen LogP contribution in [0, 0.1) is 0 Å². The predicted octanol–water partition coefficient (Wildman–Crippen LogP) is 3.07. The third-order valence-corrected chi connectivity index (χ3v) is 4.06. The summed E-state index contributed by atoms with van der Waals surface area (Å²) >= 11 is 0. The van der Waals surface area contributed by atoms with Crippen LogP contribution in [-0.4, -0.2) is 25.3 Å². The van der Waals surface area contributed by atoms with Crippen molar-refractivity contribution in [2.45, 2.75) is 5.92 Å². The third-order valence-electron chi connectivity index (χ3n) is 4.06. The molecule has 0 amide bonds. The van der Waals surface area contributed by atoms with Crippen LogP contribution in [0.25, 0.3) is 12.2 Å². The van der Waals surface area contributed by atoms with E-state index in [1.54, 1.807) is 14.2 Å². The Bertz CT molecular complexity index is 739. The molecular formula is C18H18N2O3. The highest BCUT2D eigenvalue weighted by atomic mass is 16.5. The van der Waals surface area contributed by atoms with Crippen LogP contribution in [0.2, 0.25) is 0 Å².